The Morgan fingerprint density at radius 1 is 1.06 bits per heavy atom. The van der Waals surface area contributed by atoms with Gasteiger partial charge < -0.3 is 10.2 Å². The van der Waals surface area contributed by atoms with Gasteiger partial charge in [-0.1, -0.05) is 54.6 Å². The molecule has 1 aliphatic heterocycles. The maximum Gasteiger partial charge on any atom is 0.258 e. The molecule has 0 spiro atoms. The minimum atomic E-state index is -0.0460. The summed E-state index contributed by atoms with van der Waals surface area (Å²) in [7, 11) is 0. The number of anilines is 1. The molecule has 0 saturated heterocycles. The van der Waals surface area contributed by atoms with Crippen LogP contribution in [-0.2, 0) is 12.8 Å². The molecule has 32 heavy (non-hydrogen) atoms. The van der Waals surface area contributed by atoms with Crippen molar-refractivity contribution in [3.05, 3.63) is 101 Å². The summed E-state index contributed by atoms with van der Waals surface area (Å²) in [6.07, 6.45) is 1.60. The Morgan fingerprint density at radius 3 is 2.38 bits per heavy atom. The van der Waals surface area contributed by atoms with E-state index in [1.165, 1.54) is 5.56 Å². The van der Waals surface area contributed by atoms with Crippen molar-refractivity contribution < 1.29 is 4.79 Å². The Bertz CT molecular complexity index is 1110. The van der Waals surface area contributed by atoms with Gasteiger partial charge in [0.1, 0.15) is 6.07 Å². The predicted molar refractivity (Wildman–Crippen MR) is 131 cm³/mol. The van der Waals surface area contributed by atoms with Gasteiger partial charge in [0.05, 0.1) is 11.3 Å². The van der Waals surface area contributed by atoms with Gasteiger partial charge in [-0.15, -0.1) is 12.4 Å². The predicted octanol–water partition coefficient (Wildman–Crippen LogP) is 5.46. The third kappa shape index (κ3) is 5.02. The van der Waals surface area contributed by atoms with E-state index in [1.807, 2.05) is 42.5 Å². The molecule has 0 aliphatic carbocycles. The summed E-state index contributed by atoms with van der Waals surface area (Å²) in [6, 6.07) is 26.6. The van der Waals surface area contributed by atoms with Gasteiger partial charge in [-0.3, -0.25) is 4.79 Å². The molecule has 3 aromatic rings. The first-order chi connectivity index (χ1) is 15.1. The molecule has 0 bridgehead atoms. The molecule has 1 N–H and O–H groups in total. The number of benzene rings is 3. The summed E-state index contributed by atoms with van der Waals surface area (Å²) in [5, 5.41) is 13.5. The van der Waals surface area contributed by atoms with E-state index < -0.39 is 0 Å². The van der Waals surface area contributed by atoms with E-state index in [0.29, 0.717) is 17.7 Å². The number of hydrogen-bond acceptors (Lipinski definition) is 3. The van der Waals surface area contributed by atoms with Crippen molar-refractivity contribution in [3.63, 3.8) is 0 Å². The fourth-order valence-electron chi connectivity index (χ4n) is 4.43. The van der Waals surface area contributed by atoms with Gasteiger partial charge in [-0.2, -0.15) is 5.26 Å². The second kappa shape index (κ2) is 10.5. The van der Waals surface area contributed by atoms with Crippen LogP contribution < -0.4 is 10.2 Å². The summed E-state index contributed by atoms with van der Waals surface area (Å²) in [4.78, 5) is 14.8. The smallest absolute Gasteiger partial charge is 0.258 e. The molecule has 0 radical (unpaired) electrons. The average Bonchev–Trinajstić information content (AvgIpc) is 3.23. The monoisotopic (exact) mass is 445 g/mol. The van der Waals surface area contributed by atoms with Gasteiger partial charge in [-0.25, -0.2) is 0 Å². The quantitative estimate of drug-likeness (QED) is 0.547. The Balaban J connectivity index is 0.00000289. The molecule has 1 heterocycles. The van der Waals surface area contributed by atoms with Crippen LogP contribution in [0.25, 0.3) is 0 Å². The molecule has 1 aliphatic rings. The van der Waals surface area contributed by atoms with Crippen molar-refractivity contribution in [3.8, 4) is 6.07 Å². The molecule has 2 atom stereocenters. The Morgan fingerprint density at radius 2 is 1.72 bits per heavy atom. The van der Waals surface area contributed by atoms with E-state index in [1.54, 1.807) is 4.90 Å². The van der Waals surface area contributed by atoms with Gasteiger partial charge in [0.15, 0.2) is 0 Å². The van der Waals surface area contributed by atoms with Gasteiger partial charge in [0.2, 0.25) is 0 Å². The first kappa shape index (κ1) is 23.5. The fourth-order valence-corrected chi connectivity index (χ4v) is 4.43. The van der Waals surface area contributed by atoms with E-state index >= 15 is 0 Å². The van der Waals surface area contributed by atoms with Crippen molar-refractivity contribution in [1.82, 2.24) is 5.32 Å². The van der Waals surface area contributed by atoms with Crippen LogP contribution >= 0.6 is 12.4 Å². The molecule has 164 valence electrons. The van der Waals surface area contributed by atoms with Crippen molar-refractivity contribution in [2.75, 3.05) is 11.4 Å². The molecular formula is C27H28ClN3O. The number of nitrogens with zero attached hydrogens (tertiary/aromatic N) is 2. The lowest BCUT2D eigenvalue weighted by Gasteiger charge is -2.22. The van der Waals surface area contributed by atoms with Crippen LogP contribution in [-0.4, -0.2) is 18.5 Å². The van der Waals surface area contributed by atoms with Crippen LogP contribution in [0.5, 0.6) is 0 Å². The number of nitrogens with one attached hydrogen (secondary N) is 1. The van der Waals surface area contributed by atoms with Gasteiger partial charge in [-0.05, 0) is 61.6 Å². The van der Waals surface area contributed by atoms with E-state index in [0.717, 1.165) is 29.7 Å². The maximum atomic E-state index is 13.0. The van der Waals surface area contributed by atoms with E-state index in [9.17, 15) is 10.1 Å². The topological polar surface area (TPSA) is 56.1 Å². The highest BCUT2D eigenvalue weighted by molar-refractivity contribution is 6.08. The van der Waals surface area contributed by atoms with E-state index in [-0.39, 0.29) is 30.4 Å². The molecule has 4 nitrogen and oxygen atoms in total. The Kier molecular flexibility index (Phi) is 7.69. The highest BCUT2D eigenvalue weighted by Crippen LogP contribution is 2.34. The molecule has 4 rings (SSSR count). The van der Waals surface area contributed by atoms with Gasteiger partial charge >= 0.3 is 0 Å². The highest BCUT2D eigenvalue weighted by Gasteiger charge is 2.29. The lowest BCUT2D eigenvalue weighted by molar-refractivity contribution is 0.0989. The van der Waals surface area contributed by atoms with Crippen LogP contribution in [0.15, 0.2) is 72.8 Å². The molecule has 0 aromatic heterocycles. The van der Waals surface area contributed by atoms with Gasteiger partial charge in [0, 0.05) is 24.2 Å². The number of rotatable bonds is 6. The largest absolute Gasteiger partial charge is 0.307 e. The zero-order chi connectivity index (χ0) is 21.8. The third-order valence-corrected chi connectivity index (χ3v) is 5.89. The summed E-state index contributed by atoms with van der Waals surface area (Å²) >= 11 is 0. The normalized spacial score (nSPS) is 14.1. The van der Waals surface area contributed by atoms with E-state index in [4.69, 9.17) is 0 Å². The van der Waals surface area contributed by atoms with Crippen LogP contribution in [0.3, 0.4) is 0 Å². The molecule has 0 saturated carbocycles. The number of carbonyl (C=O) groups excluding carboxylic acids is 1. The molecule has 1 amide bonds. The van der Waals surface area contributed by atoms with Crippen molar-refractivity contribution >= 4 is 24.0 Å². The average molecular weight is 446 g/mol. The number of amides is 1. The maximum absolute atomic E-state index is 13.0. The lowest BCUT2D eigenvalue weighted by Crippen LogP contribution is -2.31. The summed E-state index contributed by atoms with van der Waals surface area (Å²) in [5.74, 6) is -0.0460. The fraction of sp³-hybridized carbons (Fsp3) is 0.259. The molecular weight excluding hydrogens is 418 g/mol. The van der Waals surface area contributed by atoms with Crippen LogP contribution in [0, 0.1) is 11.3 Å². The van der Waals surface area contributed by atoms with Crippen molar-refractivity contribution in [2.24, 2.45) is 0 Å². The number of halogens is 1. The lowest BCUT2D eigenvalue weighted by atomic mass is 9.98. The first-order valence-electron chi connectivity index (χ1n) is 10.8. The Labute approximate surface area is 196 Å². The summed E-state index contributed by atoms with van der Waals surface area (Å²) in [5.41, 5.74) is 5.48. The highest BCUT2D eigenvalue weighted by atomic mass is 35.5. The first-order valence-corrected chi connectivity index (χ1v) is 10.8. The number of nitriles is 1. The molecule has 0 fully saturated rings. The van der Waals surface area contributed by atoms with E-state index in [2.05, 4.69) is 55.6 Å². The zero-order valence-corrected chi connectivity index (χ0v) is 19.2. The van der Waals surface area contributed by atoms with Crippen LogP contribution in [0.2, 0.25) is 0 Å². The number of carbonyl (C=O) groups is 1. The zero-order valence-electron chi connectivity index (χ0n) is 18.4. The minimum absolute atomic E-state index is 0. The number of hydrogen-bond donors (Lipinski definition) is 1. The SMILES string of the molecule is C[C@H](Cc1cc(C#N)c2c(c1)CCN2C(=O)c1ccccc1)N[C@H](C)c1ccccc1.Cl. The second-order valence-corrected chi connectivity index (χ2v) is 8.24. The standard InChI is InChI=1S/C27H27N3O.ClH/c1-19(29-20(2)22-9-5-3-6-10-22)15-21-16-24-13-14-30(26(24)25(17-21)18-28)27(31)23-11-7-4-8-12-23;/h3-12,16-17,19-20,29H,13-15H2,1-2H3;1H/t19-,20-;/m1./s1. The van der Waals surface area contributed by atoms with Crippen LogP contribution in [0.4, 0.5) is 5.69 Å². The third-order valence-electron chi connectivity index (χ3n) is 5.89. The second-order valence-electron chi connectivity index (χ2n) is 8.24. The Hall–Kier alpha value is -3.13. The van der Waals surface area contributed by atoms with Crippen LogP contribution in [0.1, 0.15) is 52.5 Å². The molecule has 0 unspecified atom stereocenters. The van der Waals surface area contributed by atoms with Crippen molar-refractivity contribution in [1.29, 1.82) is 5.26 Å². The summed E-state index contributed by atoms with van der Waals surface area (Å²) < 4.78 is 0. The molecule has 3 aromatic carbocycles. The minimum Gasteiger partial charge on any atom is -0.307 e. The summed E-state index contributed by atoms with van der Waals surface area (Å²) in [6.45, 7) is 4.95. The van der Waals surface area contributed by atoms with Crippen molar-refractivity contribution in [2.45, 2.75) is 38.8 Å². The number of fused-ring (bicyclic) bond motifs is 1. The molecule has 5 heteroatoms. The van der Waals surface area contributed by atoms with Gasteiger partial charge in [0.25, 0.3) is 5.91 Å².